The van der Waals surface area contributed by atoms with Crippen LogP contribution in [0.3, 0.4) is 0 Å². The zero-order valence-electron chi connectivity index (χ0n) is 19.9. The van der Waals surface area contributed by atoms with E-state index in [0.29, 0.717) is 10.6 Å². The highest BCUT2D eigenvalue weighted by Crippen LogP contribution is 2.31. The van der Waals surface area contributed by atoms with Crippen molar-refractivity contribution in [1.29, 1.82) is 0 Å². The molecule has 39 heavy (non-hydrogen) atoms. The first-order valence-electron chi connectivity index (χ1n) is 11.3. The summed E-state index contributed by atoms with van der Waals surface area (Å²) in [6.07, 6.45) is -12.5. The molecule has 2 aromatic carbocycles. The lowest BCUT2D eigenvalue weighted by molar-refractivity contribution is -0.207. The fourth-order valence-electron chi connectivity index (χ4n) is 3.76. The summed E-state index contributed by atoms with van der Waals surface area (Å²) in [5.74, 6) is -0.233. The minimum Gasteiger partial charge on any atom is -0.385 e. The number of imidazole rings is 1. The second-order valence-corrected chi connectivity index (χ2v) is 9.06. The molecule has 2 heterocycles. The second kappa shape index (κ2) is 10.5. The van der Waals surface area contributed by atoms with Crippen LogP contribution >= 0.6 is 11.6 Å². The summed E-state index contributed by atoms with van der Waals surface area (Å²) in [4.78, 5) is 17.4. The number of halogens is 7. The van der Waals surface area contributed by atoms with E-state index in [-0.39, 0.29) is 23.0 Å². The summed E-state index contributed by atoms with van der Waals surface area (Å²) in [5.41, 5.74) is -1.68. The molecule has 0 fully saturated rings. The number of alkyl halides is 6. The van der Waals surface area contributed by atoms with Crippen molar-refractivity contribution in [3.63, 3.8) is 0 Å². The topological polar surface area (TPSA) is 98.1 Å². The third-order valence-electron chi connectivity index (χ3n) is 5.71. The van der Waals surface area contributed by atoms with Crippen LogP contribution in [-0.4, -0.2) is 46.4 Å². The lowest BCUT2D eigenvalue weighted by Gasteiger charge is -2.16. The van der Waals surface area contributed by atoms with Crippen molar-refractivity contribution in [2.45, 2.75) is 44.6 Å². The maximum atomic E-state index is 13.3. The predicted molar refractivity (Wildman–Crippen MR) is 127 cm³/mol. The fourth-order valence-corrected chi connectivity index (χ4v) is 3.89. The molecular formula is C24H20ClF6N5O3. The highest BCUT2D eigenvalue weighted by Gasteiger charge is 2.39. The Morgan fingerprint density at radius 1 is 1.03 bits per heavy atom. The van der Waals surface area contributed by atoms with E-state index in [4.69, 9.17) is 11.6 Å². The van der Waals surface area contributed by atoms with Gasteiger partial charge in [-0.1, -0.05) is 29.8 Å². The Labute approximate surface area is 221 Å². The highest BCUT2D eigenvalue weighted by atomic mass is 35.5. The highest BCUT2D eigenvalue weighted by molar-refractivity contribution is 6.30. The maximum absolute atomic E-state index is 13.3. The molecule has 208 valence electrons. The van der Waals surface area contributed by atoms with E-state index in [1.165, 1.54) is 43.5 Å². The molecule has 0 aliphatic rings. The van der Waals surface area contributed by atoms with E-state index in [0.717, 1.165) is 32.0 Å². The maximum Gasteiger partial charge on any atom is 0.416 e. The Balaban J connectivity index is 1.83. The van der Waals surface area contributed by atoms with E-state index in [9.17, 15) is 41.4 Å². The van der Waals surface area contributed by atoms with Gasteiger partial charge in [-0.15, -0.1) is 5.10 Å². The van der Waals surface area contributed by atoms with Crippen molar-refractivity contribution in [3.8, 4) is 16.9 Å². The Morgan fingerprint density at radius 2 is 1.69 bits per heavy atom. The molecule has 0 aliphatic carbocycles. The Kier molecular flexibility index (Phi) is 7.65. The van der Waals surface area contributed by atoms with E-state index in [1.54, 1.807) is 0 Å². The third kappa shape index (κ3) is 6.18. The summed E-state index contributed by atoms with van der Waals surface area (Å²) in [6.45, 7) is -0.230. The monoisotopic (exact) mass is 575 g/mol. The number of nitrogens with zero attached hydrogens (tertiary/aromatic N) is 5. The largest absolute Gasteiger partial charge is 0.416 e. The van der Waals surface area contributed by atoms with Crippen LogP contribution < -0.4 is 5.69 Å². The molecule has 0 radical (unpaired) electrons. The smallest absolute Gasteiger partial charge is 0.385 e. The van der Waals surface area contributed by atoms with Gasteiger partial charge in [0, 0.05) is 11.2 Å². The van der Waals surface area contributed by atoms with Crippen LogP contribution in [0.25, 0.3) is 16.9 Å². The molecule has 4 rings (SSSR count). The molecule has 0 spiro atoms. The lowest BCUT2D eigenvalue weighted by atomic mass is 10.1. The van der Waals surface area contributed by atoms with Gasteiger partial charge >= 0.3 is 18.0 Å². The fraction of sp³-hybridized carbons (Fsp3) is 0.292. The average molecular weight is 576 g/mol. The summed E-state index contributed by atoms with van der Waals surface area (Å²) in [5, 5.41) is 24.0. The van der Waals surface area contributed by atoms with E-state index in [1.807, 2.05) is 0 Å². The molecule has 8 nitrogen and oxygen atoms in total. The molecule has 2 aromatic heterocycles. The van der Waals surface area contributed by atoms with Gasteiger partial charge in [-0.3, -0.25) is 9.13 Å². The molecule has 15 heteroatoms. The number of aromatic nitrogens is 5. The molecule has 2 N–H and O–H groups in total. The van der Waals surface area contributed by atoms with Crippen LogP contribution in [0.2, 0.25) is 5.02 Å². The van der Waals surface area contributed by atoms with E-state index >= 15 is 0 Å². The average Bonchev–Trinajstić information content (AvgIpc) is 3.41. The normalized spacial score (nSPS) is 14.0. The number of aliphatic hydroxyl groups excluding tert-OH is 2. The molecule has 0 bridgehead atoms. The van der Waals surface area contributed by atoms with Crippen molar-refractivity contribution in [2.24, 2.45) is 0 Å². The lowest BCUT2D eigenvalue weighted by Crippen LogP contribution is -2.37. The summed E-state index contributed by atoms with van der Waals surface area (Å²) >= 11 is 5.90. The first-order valence-corrected chi connectivity index (χ1v) is 11.6. The molecule has 0 amide bonds. The molecule has 4 aromatic rings. The van der Waals surface area contributed by atoms with Crippen molar-refractivity contribution in [1.82, 2.24) is 23.9 Å². The van der Waals surface area contributed by atoms with Crippen LogP contribution in [-0.2, 0) is 19.3 Å². The zero-order valence-corrected chi connectivity index (χ0v) is 20.7. The van der Waals surface area contributed by atoms with Gasteiger partial charge in [0.15, 0.2) is 17.8 Å². The Bertz CT molecular complexity index is 1520. The molecule has 0 saturated heterocycles. The van der Waals surface area contributed by atoms with Gasteiger partial charge in [0.2, 0.25) is 0 Å². The van der Waals surface area contributed by atoms with Gasteiger partial charge in [-0.25, -0.2) is 14.5 Å². The van der Waals surface area contributed by atoms with Crippen LogP contribution in [0, 0.1) is 0 Å². The second-order valence-electron chi connectivity index (χ2n) is 8.62. The molecular weight excluding hydrogens is 556 g/mol. The van der Waals surface area contributed by atoms with Gasteiger partial charge in [-0.05, 0) is 42.8 Å². The number of hydrogen-bond donors (Lipinski definition) is 2. The molecule has 2 atom stereocenters. The Morgan fingerprint density at radius 3 is 2.28 bits per heavy atom. The summed E-state index contributed by atoms with van der Waals surface area (Å²) < 4.78 is 82.0. The van der Waals surface area contributed by atoms with Crippen LogP contribution in [0.5, 0.6) is 0 Å². The predicted octanol–water partition coefficient (Wildman–Crippen LogP) is 4.59. The Hall–Kier alpha value is -3.62. The van der Waals surface area contributed by atoms with Gasteiger partial charge in [-0.2, -0.15) is 26.3 Å². The van der Waals surface area contributed by atoms with Crippen molar-refractivity contribution in [2.75, 3.05) is 0 Å². The number of rotatable bonds is 7. The van der Waals surface area contributed by atoms with E-state index < -0.39 is 48.9 Å². The SMILES string of the molecule is CC(O)c1nc(Cn2cc(-c3ccc(Cl)cc3)n(CC(O)C(F)(F)F)c2=O)n(-c2cccc(C(F)(F)F)c2)n1. The van der Waals surface area contributed by atoms with Crippen molar-refractivity contribution in [3.05, 3.63) is 87.4 Å². The first kappa shape index (κ1) is 28.4. The van der Waals surface area contributed by atoms with Gasteiger partial charge < -0.3 is 10.2 Å². The van der Waals surface area contributed by atoms with Gasteiger partial charge in [0.1, 0.15) is 6.10 Å². The third-order valence-corrected chi connectivity index (χ3v) is 5.96. The van der Waals surface area contributed by atoms with Crippen LogP contribution in [0.4, 0.5) is 26.3 Å². The molecule has 2 unspecified atom stereocenters. The number of benzene rings is 2. The first-order chi connectivity index (χ1) is 18.1. The van der Waals surface area contributed by atoms with Gasteiger partial charge in [0.05, 0.1) is 30.0 Å². The summed E-state index contributed by atoms with van der Waals surface area (Å²) in [6, 6.07) is 9.97. The molecule has 0 saturated carbocycles. The minimum absolute atomic E-state index is 0.0147. The minimum atomic E-state index is -5.01. The number of aliphatic hydroxyl groups is 2. The van der Waals surface area contributed by atoms with Crippen molar-refractivity contribution >= 4 is 11.6 Å². The van der Waals surface area contributed by atoms with Crippen LogP contribution in [0.15, 0.2) is 59.5 Å². The van der Waals surface area contributed by atoms with Gasteiger partial charge in [0.25, 0.3) is 0 Å². The quantitative estimate of drug-likeness (QED) is 0.314. The zero-order chi connectivity index (χ0) is 28.7. The molecule has 0 aliphatic heterocycles. The standard InChI is InChI=1S/C24H20ClF6N5O3/c1-13(37)21-32-20(36(33-21)17-4-2-3-15(9-17)23(26,27)28)12-34-10-18(14-5-7-16(25)8-6-14)35(22(34)39)11-19(38)24(29,30)31/h2-10,13,19,37-38H,11-12H2,1H3. The number of hydrogen-bond acceptors (Lipinski definition) is 5. The summed E-state index contributed by atoms with van der Waals surface area (Å²) in [7, 11) is 0. The van der Waals surface area contributed by atoms with E-state index in [2.05, 4.69) is 10.1 Å². The van der Waals surface area contributed by atoms with Crippen molar-refractivity contribution < 1.29 is 36.6 Å². The van der Waals surface area contributed by atoms with Crippen LogP contribution in [0.1, 0.15) is 30.2 Å².